The third-order valence-corrected chi connectivity index (χ3v) is 4.76. The van der Waals surface area contributed by atoms with Crippen LogP contribution < -0.4 is 5.32 Å². The third kappa shape index (κ3) is 4.04. The second kappa shape index (κ2) is 7.82. The van der Waals surface area contributed by atoms with Crippen molar-refractivity contribution in [1.82, 2.24) is 9.78 Å². The molecule has 0 bridgehead atoms. The molecule has 3 aromatic rings. The van der Waals surface area contributed by atoms with Crippen LogP contribution in [0.3, 0.4) is 0 Å². The van der Waals surface area contributed by atoms with Gasteiger partial charge in [0.25, 0.3) is 5.91 Å². The van der Waals surface area contributed by atoms with E-state index in [2.05, 4.69) is 10.4 Å². The zero-order valence-corrected chi connectivity index (χ0v) is 16.4. The molecule has 1 aromatic heterocycles. The van der Waals surface area contributed by atoms with Crippen molar-refractivity contribution in [3.63, 3.8) is 0 Å². The predicted molar refractivity (Wildman–Crippen MR) is 108 cm³/mol. The number of carbonyl (C=O) groups excluding carboxylic acids is 1. The Morgan fingerprint density at radius 3 is 2.43 bits per heavy atom. The molecule has 3 rings (SSSR count). The summed E-state index contributed by atoms with van der Waals surface area (Å²) in [6.45, 7) is 5.59. The highest BCUT2D eigenvalue weighted by Crippen LogP contribution is 2.24. The molecule has 0 radical (unpaired) electrons. The molecule has 1 amide bonds. The Hall–Kier alpha value is -3.19. The molecule has 0 atom stereocenters. The highest BCUT2D eigenvalue weighted by molar-refractivity contribution is 6.34. The van der Waals surface area contributed by atoms with Crippen molar-refractivity contribution < 1.29 is 9.72 Å². The molecular formula is C20H19ClN4O3. The van der Waals surface area contributed by atoms with Gasteiger partial charge in [-0.05, 0) is 56.2 Å². The fourth-order valence-electron chi connectivity index (χ4n) is 2.96. The third-order valence-electron chi connectivity index (χ3n) is 4.45. The van der Waals surface area contributed by atoms with Crippen LogP contribution in [0.4, 0.5) is 11.4 Å². The Labute approximate surface area is 167 Å². The van der Waals surface area contributed by atoms with Crippen molar-refractivity contribution in [3.8, 4) is 0 Å². The lowest BCUT2D eigenvalue weighted by Crippen LogP contribution is -2.12. The molecule has 2 aromatic carbocycles. The smallest absolute Gasteiger partial charge is 0.312 e. The van der Waals surface area contributed by atoms with E-state index in [9.17, 15) is 14.9 Å². The highest BCUT2D eigenvalue weighted by atomic mass is 35.5. The number of nitrogens with zero attached hydrogens (tertiary/aromatic N) is 3. The minimum absolute atomic E-state index is 0.0333. The van der Waals surface area contributed by atoms with Crippen molar-refractivity contribution in [3.05, 3.63) is 85.7 Å². The summed E-state index contributed by atoms with van der Waals surface area (Å²) in [5.74, 6) is -0.265. The van der Waals surface area contributed by atoms with Crippen molar-refractivity contribution in [1.29, 1.82) is 0 Å². The van der Waals surface area contributed by atoms with Crippen LogP contribution in [0.5, 0.6) is 0 Å². The molecule has 28 heavy (non-hydrogen) atoms. The SMILES string of the molecule is Cc1ccc(NC(=O)c2ccc(Cn3nc(C)c([N+](=O)[O-])c3C)cc2)c(Cl)c1. The Morgan fingerprint density at radius 2 is 1.86 bits per heavy atom. The van der Waals surface area contributed by atoms with Crippen LogP contribution in [0.25, 0.3) is 0 Å². The first-order valence-corrected chi connectivity index (χ1v) is 8.99. The molecule has 0 aliphatic heterocycles. The molecule has 0 spiro atoms. The summed E-state index contributed by atoms with van der Waals surface area (Å²) in [6.07, 6.45) is 0. The summed E-state index contributed by atoms with van der Waals surface area (Å²) in [4.78, 5) is 23.1. The normalized spacial score (nSPS) is 10.7. The van der Waals surface area contributed by atoms with Crippen molar-refractivity contribution in [2.24, 2.45) is 0 Å². The van der Waals surface area contributed by atoms with E-state index in [0.717, 1.165) is 11.1 Å². The van der Waals surface area contributed by atoms with E-state index >= 15 is 0 Å². The summed E-state index contributed by atoms with van der Waals surface area (Å²) >= 11 is 6.16. The van der Waals surface area contributed by atoms with Gasteiger partial charge >= 0.3 is 5.69 Å². The number of nitro groups is 1. The largest absolute Gasteiger partial charge is 0.321 e. The van der Waals surface area contributed by atoms with Crippen LogP contribution in [-0.4, -0.2) is 20.6 Å². The van der Waals surface area contributed by atoms with Gasteiger partial charge in [0.05, 0.1) is 22.2 Å². The number of rotatable bonds is 5. The van der Waals surface area contributed by atoms with Gasteiger partial charge in [-0.1, -0.05) is 29.8 Å². The number of nitrogens with one attached hydrogen (secondary N) is 1. The fourth-order valence-corrected chi connectivity index (χ4v) is 3.24. The number of anilines is 1. The number of carbonyl (C=O) groups is 1. The van der Waals surface area contributed by atoms with Crippen LogP contribution >= 0.6 is 11.6 Å². The Balaban J connectivity index is 1.74. The summed E-state index contributed by atoms with van der Waals surface area (Å²) in [5.41, 5.74) is 3.84. The topological polar surface area (TPSA) is 90.1 Å². The predicted octanol–water partition coefficient (Wildman–Crippen LogP) is 4.67. The van der Waals surface area contributed by atoms with E-state index in [0.29, 0.717) is 34.2 Å². The van der Waals surface area contributed by atoms with Gasteiger partial charge in [0.1, 0.15) is 11.4 Å². The molecule has 0 saturated carbocycles. The van der Waals surface area contributed by atoms with Gasteiger partial charge in [0.15, 0.2) is 0 Å². The van der Waals surface area contributed by atoms with Crippen LogP contribution in [0, 0.1) is 30.9 Å². The Kier molecular flexibility index (Phi) is 5.46. The van der Waals surface area contributed by atoms with Crippen LogP contribution in [-0.2, 0) is 6.54 Å². The van der Waals surface area contributed by atoms with E-state index in [1.54, 1.807) is 54.9 Å². The molecule has 7 nitrogen and oxygen atoms in total. The zero-order valence-electron chi connectivity index (χ0n) is 15.7. The molecule has 144 valence electrons. The zero-order chi connectivity index (χ0) is 20.4. The molecule has 1 N–H and O–H groups in total. The lowest BCUT2D eigenvalue weighted by atomic mass is 10.1. The van der Waals surface area contributed by atoms with Gasteiger partial charge in [0, 0.05) is 5.56 Å². The first-order valence-electron chi connectivity index (χ1n) is 8.61. The molecule has 0 aliphatic carbocycles. The second-order valence-electron chi connectivity index (χ2n) is 6.57. The van der Waals surface area contributed by atoms with Gasteiger partial charge in [-0.15, -0.1) is 0 Å². The maximum absolute atomic E-state index is 12.4. The minimum atomic E-state index is -0.419. The highest BCUT2D eigenvalue weighted by Gasteiger charge is 2.21. The quantitative estimate of drug-likeness (QED) is 0.499. The van der Waals surface area contributed by atoms with E-state index in [-0.39, 0.29) is 11.6 Å². The summed E-state index contributed by atoms with van der Waals surface area (Å²) in [5, 5.41) is 18.6. The molecule has 0 saturated heterocycles. The summed E-state index contributed by atoms with van der Waals surface area (Å²) in [6, 6.07) is 12.4. The second-order valence-corrected chi connectivity index (χ2v) is 6.98. The number of halogens is 1. The number of benzene rings is 2. The Morgan fingerprint density at radius 1 is 1.18 bits per heavy atom. The van der Waals surface area contributed by atoms with E-state index in [1.807, 2.05) is 13.0 Å². The van der Waals surface area contributed by atoms with Crippen molar-refractivity contribution in [2.45, 2.75) is 27.3 Å². The molecule has 8 heteroatoms. The summed E-state index contributed by atoms with van der Waals surface area (Å²) < 4.78 is 1.59. The van der Waals surface area contributed by atoms with Crippen LogP contribution in [0.2, 0.25) is 5.02 Å². The number of aromatic nitrogens is 2. The van der Waals surface area contributed by atoms with Gasteiger partial charge in [0.2, 0.25) is 0 Å². The minimum Gasteiger partial charge on any atom is -0.321 e. The van der Waals surface area contributed by atoms with Gasteiger partial charge < -0.3 is 5.32 Å². The Bertz CT molecular complexity index is 1060. The molecule has 0 unspecified atom stereocenters. The van der Waals surface area contributed by atoms with Crippen molar-refractivity contribution in [2.75, 3.05) is 5.32 Å². The lowest BCUT2D eigenvalue weighted by Gasteiger charge is -2.09. The number of hydrogen-bond acceptors (Lipinski definition) is 4. The maximum Gasteiger partial charge on any atom is 0.312 e. The van der Waals surface area contributed by atoms with Gasteiger partial charge in [-0.25, -0.2) is 0 Å². The first-order chi connectivity index (χ1) is 13.3. The van der Waals surface area contributed by atoms with Gasteiger partial charge in [-0.2, -0.15) is 5.10 Å². The average Bonchev–Trinajstić information content (AvgIpc) is 2.91. The van der Waals surface area contributed by atoms with Crippen LogP contribution in [0.1, 0.15) is 32.9 Å². The summed E-state index contributed by atoms with van der Waals surface area (Å²) in [7, 11) is 0. The van der Waals surface area contributed by atoms with Gasteiger partial charge in [-0.3, -0.25) is 19.6 Å². The number of amides is 1. The number of aryl methyl sites for hydroxylation is 2. The molecule has 1 heterocycles. The van der Waals surface area contributed by atoms with E-state index in [4.69, 9.17) is 11.6 Å². The molecular weight excluding hydrogens is 380 g/mol. The fraction of sp³-hybridized carbons (Fsp3) is 0.200. The average molecular weight is 399 g/mol. The molecule has 0 fully saturated rings. The standard InChI is InChI=1S/C20H19ClN4O3/c1-12-4-9-18(17(21)10-12)22-20(26)16-7-5-15(6-8-16)11-24-14(3)19(25(27)28)13(2)23-24/h4-10H,11H2,1-3H3,(H,22,26). The van der Waals surface area contributed by atoms with Crippen LogP contribution in [0.15, 0.2) is 42.5 Å². The number of hydrogen-bond donors (Lipinski definition) is 1. The van der Waals surface area contributed by atoms with Crippen molar-refractivity contribution >= 4 is 28.9 Å². The molecule has 0 aliphatic rings. The monoisotopic (exact) mass is 398 g/mol. The lowest BCUT2D eigenvalue weighted by molar-refractivity contribution is -0.386. The first kappa shape index (κ1) is 19.6. The van der Waals surface area contributed by atoms with E-state index < -0.39 is 4.92 Å². The maximum atomic E-state index is 12.4. The van der Waals surface area contributed by atoms with E-state index in [1.165, 1.54) is 0 Å².